The van der Waals surface area contributed by atoms with Crippen LogP contribution in [-0.2, 0) is 0 Å². The van der Waals surface area contributed by atoms with E-state index in [9.17, 15) is 0 Å². The average Bonchev–Trinajstić information content (AvgIpc) is 2.84. The van der Waals surface area contributed by atoms with Crippen molar-refractivity contribution in [1.29, 1.82) is 0 Å². The number of hydrogen-bond donors (Lipinski definition) is 0. The SMILES string of the molecule is CC(C)[Si](C#CC(C#C[Si](C(C)C)(C(C)C)C(C)C)=C(c1ccccn1)c1ccccn1)(C(C)C)C(C)C. The minimum absolute atomic E-state index is 0.549. The molecule has 0 amide bonds. The van der Waals surface area contributed by atoms with Gasteiger partial charge in [0.15, 0.2) is 0 Å². The second-order valence-electron chi connectivity index (χ2n) is 12.5. The van der Waals surface area contributed by atoms with Crippen molar-refractivity contribution in [2.75, 3.05) is 0 Å². The first kappa shape index (κ1) is 31.8. The highest BCUT2D eigenvalue weighted by atomic mass is 28.3. The largest absolute Gasteiger partial charge is 0.256 e. The third kappa shape index (κ3) is 6.59. The van der Waals surface area contributed by atoms with Gasteiger partial charge in [-0.25, -0.2) is 0 Å². The zero-order valence-electron chi connectivity index (χ0n) is 26.0. The van der Waals surface area contributed by atoms with E-state index in [1.807, 2.05) is 36.7 Å². The lowest BCUT2D eigenvalue weighted by Gasteiger charge is -2.38. The van der Waals surface area contributed by atoms with E-state index < -0.39 is 16.1 Å². The fourth-order valence-corrected chi connectivity index (χ4v) is 17.2. The minimum Gasteiger partial charge on any atom is -0.256 e. The van der Waals surface area contributed by atoms with E-state index >= 15 is 0 Å². The van der Waals surface area contributed by atoms with Crippen LogP contribution in [-0.4, -0.2) is 26.1 Å². The Morgan fingerprint density at radius 2 is 0.842 bits per heavy atom. The van der Waals surface area contributed by atoms with Gasteiger partial charge in [0.25, 0.3) is 0 Å². The molecule has 204 valence electrons. The Balaban J connectivity index is 3.08. The van der Waals surface area contributed by atoms with Gasteiger partial charge in [-0.15, -0.1) is 11.1 Å². The van der Waals surface area contributed by atoms with E-state index in [4.69, 9.17) is 9.97 Å². The van der Waals surface area contributed by atoms with E-state index in [0.717, 1.165) is 22.5 Å². The Morgan fingerprint density at radius 1 is 0.526 bits per heavy atom. The summed E-state index contributed by atoms with van der Waals surface area (Å²) < 4.78 is 0. The van der Waals surface area contributed by atoms with Gasteiger partial charge in [-0.1, -0.05) is 107 Å². The summed E-state index contributed by atoms with van der Waals surface area (Å²) in [4.78, 5) is 9.53. The second kappa shape index (κ2) is 13.6. The molecule has 0 fully saturated rings. The Hall–Kier alpha value is -2.41. The Kier molecular flexibility index (Phi) is 11.4. The van der Waals surface area contributed by atoms with Crippen molar-refractivity contribution in [3.8, 4) is 22.9 Å². The van der Waals surface area contributed by atoms with Crippen LogP contribution < -0.4 is 0 Å². The molecule has 0 aliphatic heterocycles. The maximum atomic E-state index is 4.77. The molecule has 0 aliphatic rings. The zero-order chi connectivity index (χ0) is 28.7. The molecule has 0 aromatic carbocycles. The van der Waals surface area contributed by atoms with Crippen molar-refractivity contribution in [3.05, 3.63) is 65.8 Å². The van der Waals surface area contributed by atoms with Crippen LogP contribution in [0.25, 0.3) is 5.57 Å². The summed E-state index contributed by atoms with van der Waals surface area (Å²) in [5.74, 6) is 7.50. The summed E-state index contributed by atoms with van der Waals surface area (Å²) in [6, 6.07) is 12.1. The van der Waals surface area contributed by atoms with Gasteiger partial charge < -0.3 is 0 Å². The van der Waals surface area contributed by atoms with Crippen LogP contribution in [0.5, 0.6) is 0 Å². The molecule has 2 heterocycles. The van der Waals surface area contributed by atoms with Crippen LogP contribution in [0.4, 0.5) is 0 Å². The van der Waals surface area contributed by atoms with Gasteiger partial charge in [0, 0.05) is 18.0 Å². The number of hydrogen-bond acceptors (Lipinski definition) is 2. The van der Waals surface area contributed by atoms with Crippen LogP contribution in [0.15, 0.2) is 54.4 Å². The molecule has 0 saturated carbocycles. The molecular weight excluding hydrogens is 493 g/mol. The molecule has 0 saturated heterocycles. The Morgan fingerprint density at radius 3 is 1.08 bits per heavy atom. The molecular formula is C34H50N2Si2. The fraction of sp³-hybridized carbons (Fsp3) is 0.529. The topological polar surface area (TPSA) is 25.8 Å². The standard InChI is InChI=1S/C34H50N2Si2/c1-25(2)37(26(3)4,27(5)6)23-19-31(20-24-38(28(7)8,29(9)10)30(11)12)34(32-17-13-15-21-35-32)33-18-14-16-22-36-33/h13-18,21-22,25-30H,1-12H3. The highest BCUT2D eigenvalue weighted by molar-refractivity contribution is 6.91. The molecule has 2 aromatic rings. The number of aromatic nitrogens is 2. The smallest absolute Gasteiger partial charge is 0.146 e. The number of pyridine rings is 2. The van der Waals surface area contributed by atoms with Gasteiger partial charge >= 0.3 is 0 Å². The molecule has 2 nitrogen and oxygen atoms in total. The summed E-state index contributed by atoms with van der Waals surface area (Å²) in [7, 11) is -3.94. The first-order valence-electron chi connectivity index (χ1n) is 14.5. The molecule has 0 aliphatic carbocycles. The molecule has 2 rings (SSSR count). The number of allylic oxidation sites excluding steroid dienone is 1. The van der Waals surface area contributed by atoms with Crippen molar-refractivity contribution >= 4 is 21.7 Å². The highest BCUT2D eigenvalue weighted by Crippen LogP contribution is 2.42. The van der Waals surface area contributed by atoms with Gasteiger partial charge in [0.2, 0.25) is 0 Å². The lowest BCUT2D eigenvalue weighted by molar-refractivity contribution is 0.838. The van der Waals surface area contributed by atoms with E-state index in [-0.39, 0.29) is 0 Å². The molecule has 38 heavy (non-hydrogen) atoms. The highest BCUT2D eigenvalue weighted by Gasteiger charge is 2.43. The first-order chi connectivity index (χ1) is 17.8. The third-order valence-corrected chi connectivity index (χ3v) is 21.2. The quantitative estimate of drug-likeness (QED) is 0.245. The van der Waals surface area contributed by atoms with Gasteiger partial charge in [-0.3, -0.25) is 9.97 Å². The minimum atomic E-state index is -1.97. The average molecular weight is 543 g/mol. The molecule has 0 radical (unpaired) electrons. The zero-order valence-corrected chi connectivity index (χ0v) is 28.0. The van der Waals surface area contributed by atoms with E-state index in [1.54, 1.807) is 0 Å². The molecule has 0 spiro atoms. The molecule has 0 atom stereocenters. The summed E-state index contributed by atoms with van der Waals surface area (Å²) in [5, 5.41) is 0. The first-order valence-corrected chi connectivity index (χ1v) is 18.9. The second-order valence-corrected chi connectivity index (χ2v) is 23.6. The normalized spacial score (nSPS) is 12.2. The van der Waals surface area contributed by atoms with Crippen LogP contribution in [0, 0.1) is 22.9 Å². The molecule has 0 unspecified atom stereocenters. The van der Waals surface area contributed by atoms with Crippen molar-refractivity contribution in [2.24, 2.45) is 0 Å². The predicted octanol–water partition coefficient (Wildman–Crippen LogP) is 9.72. The fourth-order valence-electron chi connectivity index (χ4n) is 6.77. The van der Waals surface area contributed by atoms with Gasteiger partial charge in [0.1, 0.15) is 16.1 Å². The van der Waals surface area contributed by atoms with E-state index in [0.29, 0.717) is 33.2 Å². The van der Waals surface area contributed by atoms with Crippen LogP contribution >= 0.6 is 0 Å². The summed E-state index contributed by atoms with van der Waals surface area (Å²) >= 11 is 0. The monoisotopic (exact) mass is 542 g/mol. The van der Waals surface area contributed by atoms with Crippen molar-refractivity contribution in [3.63, 3.8) is 0 Å². The van der Waals surface area contributed by atoms with Crippen LogP contribution in [0.2, 0.25) is 33.2 Å². The Labute approximate surface area is 236 Å². The van der Waals surface area contributed by atoms with Gasteiger partial charge in [-0.05, 0) is 57.5 Å². The van der Waals surface area contributed by atoms with Crippen molar-refractivity contribution in [1.82, 2.24) is 9.97 Å². The lowest BCUT2D eigenvalue weighted by atomic mass is 10.0. The summed E-state index contributed by atoms with van der Waals surface area (Å²) in [6.45, 7) is 28.4. The third-order valence-electron chi connectivity index (χ3n) is 8.63. The predicted molar refractivity (Wildman–Crippen MR) is 172 cm³/mol. The van der Waals surface area contributed by atoms with Crippen molar-refractivity contribution < 1.29 is 0 Å². The van der Waals surface area contributed by atoms with E-state index in [2.05, 4.69) is 118 Å². The maximum Gasteiger partial charge on any atom is 0.146 e. The molecule has 4 heteroatoms. The Bertz CT molecular complexity index is 1050. The number of nitrogens with zero attached hydrogens (tertiary/aromatic N) is 2. The maximum absolute atomic E-state index is 4.77. The molecule has 2 aromatic heterocycles. The lowest BCUT2D eigenvalue weighted by Crippen LogP contribution is -2.43. The summed E-state index contributed by atoms with van der Waals surface area (Å²) in [5.41, 5.74) is 14.8. The van der Waals surface area contributed by atoms with Gasteiger partial charge in [-0.2, -0.15) is 0 Å². The van der Waals surface area contributed by atoms with Crippen LogP contribution in [0.3, 0.4) is 0 Å². The van der Waals surface area contributed by atoms with Gasteiger partial charge in [0.05, 0.1) is 17.0 Å². The number of rotatable bonds is 8. The van der Waals surface area contributed by atoms with Crippen LogP contribution in [0.1, 0.15) is 94.5 Å². The van der Waals surface area contributed by atoms with Crippen molar-refractivity contribution in [2.45, 2.75) is 116 Å². The molecule has 0 N–H and O–H groups in total. The van der Waals surface area contributed by atoms with E-state index in [1.165, 1.54) is 0 Å². The summed E-state index contributed by atoms with van der Waals surface area (Å²) in [6.07, 6.45) is 3.70. The molecule has 0 bridgehead atoms.